The van der Waals surface area contributed by atoms with E-state index in [1.54, 1.807) is 0 Å². The van der Waals surface area contributed by atoms with Gasteiger partial charge in [-0.15, -0.1) is 0 Å². The van der Waals surface area contributed by atoms with Crippen LogP contribution in [0.1, 0.15) is 38.5 Å². The van der Waals surface area contributed by atoms with Gasteiger partial charge in [0.25, 0.3) is 0 Å². The van der Waals surface area contributed by atoms with Gasteiger partial charge in [-0.1, -0.05) is 30.5 Å². The lowest BCUT2D eigenvalue weighted by Crippen LogP contribution is -2.47. The zero-order valence-electron chi connectivity index (χ0n) is 10.1. The minimum absolute atomic E-state index is 0.612. The average molecular weight is 251 g/mol. The number of fused-ring (bicyclic) bond motifs is 1. The highest BCUT2D eigenvalue weighted by molar-refractivity contribution is 6.29. The summed E-state index contributed by atoms with van der Waals surface area (Å²) in [5, 5.41) is 0.612. The Morgan fingerprint density at radius 3 is 2.82 bits per heavy atom. The van der Waals surface area contributed by atoms with E-state index in [-0.39, 0.29) is 0 Å². The second-order valence-electron chi connectivity index (χ2n) is 5.27. The fraction of sp³-hybridized carbons (Fsp3) is 0.643. The summed E-state index contributed by atoms with van der Waals surface area (Å²) < 4.78 is 0. The molecule has 1 saturated heterocycles. The van der Waals surface area contributed by atoms with Crippen molar-refractivity contribution in [2.45, 2.75) is 44.6 Å². The topological polar surface area (TPSA) is 16.1 Å². The molecule has 2 heterocycles. The van der Waals surface area contributed by atoms with E-state index in [1.165, 1.54) is 38.5 Å². The summed E-state index contributed by atoms with van der Waals surface area (Å²) in [6.07, 6.45) is 8.23. The third-order valence-electron chi connectivity index (χ3n) is 4.24. The first-order valence-corrected chi connectivity index (χ1v) is 7.11. The second kappa shape index (κ2) is 4.85. The molecule has 1 aliphatic carbocycles. The van der Waals surface area contributed by atoms with Crippen molar-refractivity contribution in [3.8, 4) is 0 Å². The lowest BCUT2D eigenvalue weighted by molar-refractivity contribution is 0.243. The van der Waals surface area contributed by atoms with Crippen molar-refractivity contribution in [3.63, 3.8) is 0 Å². The molecular formula is C14H19ClN2. The molecule has 0 unspecified atom stereocenters. The van der Waals surface area contributed by atoms with Crippen LogP contribution in [0.4, 0.5) is 5.82 Å². The molecule has 0 amide bonds. The van der Waals surface area contributed by atoms with Crippen molar-refractivity contribution in [3.05, 3.63) is 23.4 Å². The van der Waals surface area contributed by atoms with E-state index in [9.17, 15) is 0 Å². The average Bonchev–Trinajstić information content (AvgIpc) is 2.38. The predicted octanol–water partition coefficient (Wildman–Crippen LogP) is 3.89. The molecule has 1 aromatic rings. The molecule has 0 bridgehead atoms. The van der Waals surface area contributed by atoms with Gasteiger partial charge in [-0.3, -0.25) is 0 Å². The molecule has 1 aliphatic heterocycles. The Morgan fingerprint density at radius 2 is 1.94 bits per heavy atom. The molecule has 0 N–H and O–H groups in total. The quantitative estimate of drug-likeness (QED) is 0.703. The Labute approximate surface area is 108 Å². The van der Waals surface area contributed by atoms with E-state index >= 15 is 0 Å². The molecule has 17 heavy (non-hydrogen) atoms. The number of rotatable bonds is 1. The zero-order valence-corrected chi connectivity index (χ0v) is 10.9. The number of halogens is 1. The van der Waals surface area contributed by atoms with Gasteiger partial charge < -0.3 is 4.90 Å². The van der Waals surface area contributed by atoms with Gasteiger partial charge in [0, 0.05) is 12.6 Å². The van der Waals surface area contributed by atoms with Crippen LogP contribution in [0, 0.1) is 5.92 Å². The molecule has 0 spiro atoms. The summed E-state index contributed by atoms with van der Waals surface area (Å²) in [6.45, 7) is 1.15. The number of hydrogen-bond acceptors (Lipinski definition) is 2. The van der Waals surface area contributed by atoms with Crippen LogP contribution in [0.15, 0.2) is 18.2 Å². The van der Waals surface area contributed by atoms with Crippen molar-refractivity contribution in [2.24, 2.45) is 5.92 Å². The highest BCUT2D eigenvalue weighted by Gasteiger charge is 2.33. The molecule has 1 saturated carbocycles. The third-order valence-corrected chi connectivity index (χ3v) is 4.45. The lowest BCUT2D eigenvalue weighted by Gasteiger charge is -2.44. The summed E-state index contributed by atoms with van der Waals surface area (Å²) in [5.41, 5.74) is 0. The fourth-order valence-electron chi connectivity index (χ4n) is 3.47. The Kier molecular flexibility index (Phi) is 3.24. The van der Waals surface area contributed by atoms with E-state index in [4.69, 9.17) is 11.6 Å². The molecule has 0 aromatic carbocycles. The molecule has 2 atom stereocenters. The van der Waals surface area contributed by atoms with Gasteiger partial charge in [-0.25, -0.2) is 4.98 Å². The van der Waals surface area contributed by atoms with Crippen LogP contribution in [-0.2, 0) is 0 Å². The van der Waals surface area contributed by atoms with E-state index in [0.717, 1.165) is 18.3 Å². The monoisotopic (exact) mass is 250 g/mol. The van der Waals surface area contributed by atoms with Crippen molar-refractivity contribution in [2.75, 3.05) is 11.4 Å². The second-order valence-corrected chi connectivity index (χ2v) is 5.65. The van der Waals surface area contributed by atoms with E-state index in [0.29, 0.717) is 11.2 Å². The minimum Gasteiger partial charge on any atom is -0.353 e. The lowest BCUT2D eigenvalue weighted by atomic mass is 9.78. The largest absolute Gasteiger partial charge is 0.353 e. The van der Waals surface area contributed by atoms with Gasteiger partial charge in [0.05, 0.1) is 0 Å². The van der Waals surface area contributed by atoms with Crippen LogP contribution >= 0.6 is 11.6 Å². The normalized spacial score (nSPS) is 28.9. The summed E-state index contributed by atoms with van der Waals surface area (Å²) in [5.74, 6) is 1.97. The number of aromatic nitrogens is 1. The Morgan fingerprint density at radius 1 is 1.12 bits per heavy atom. The zero-order chi connectivity index (χ0) is 11.7. The van der Waals surface area contributed by atoms with Gasteiger partial charge in [-0.05, 0) is 43.7 Å². The predicted molar refractivity (Wildman–Crippen MR) is 71.6 cm³/mol. The van der Waals surface area contributed by atoms with Gasteiger partial charge >= 0.3 is 0 Å². The van der Waals surface area contributed by atoms with Crippen LogP contribution in [0.25, 0.3) is 0 Å². The molecule has 2 aliphatic rings. The van der Waals surface area contributed by atoms with Crippen LogP contribution in [0.5, 0.6) is 0 Å². The van der Waals surface area contributed by atoms with Gasteiger partial charge in [0.15, 0.2) is 0 Å². The Hall–Kier alpha value is -0.760. The molecule has 1 aromatic heterocycles. The summed E-state index contributed by atoms with van der Waals surface area (Å²) in [6, 6.07) is 6.68. The third kappa shape index (κ3) is 2.28. The van der Waals surface area contributed by atoms with E-state index < -0.39 is 0 Å². The molecular weight excluding hydrogens is 232 g/mol. The minimum atomic E-state index is 0.612. The molecule has 3 rings (SSSR count). The van der Waals surface area contributed by atoms with Crippen LogP contribution < -0.4 is 4.90 Å². The first kappa shape index (κ1) is 11.3. The number of hydrogen-bond donors (Lipinski definition) is 0. The maximum absolute atomic E-state index is 6.00. The van der Waals surface area contributed by atoms with E-state index in [2.05, 4.69) is 16.0 Å². The van der Waals surface area contributed by atoms with Crippen LogP contribution in [-0.4, -0.2) is 17.6 Å². The Balaban J connectivity index is 1.85. The molecule has 0 radical (unpaired) electrons. The first-order chi connectivity index (χ1) is 8.34. The summed E-state index contributed by atoms with van der Waals surface area (Å²) in [4.78, 5) is 6.98. The number of pyridine rings is 1. The summed E-state index contributed by atoms with van der Waals surface area (Å²) in [7, 11) is 0. The van der Waals surface area contributed by atoms with Crippen molar-refractivity contribution < 1.29 is 0 Å². The van der Waals surface area contributed by atoms with Crippen molar-refractivity contribution in [1.82, 2.24) is 4.98 Å². The van der Waals surface area contributed by atoms with Crippen molar-refractivity contribution >= 4 is 17.4 Å². The maximum atomic E-state index is 6.00. The highest BCUT2D eigenvalue weighted by Crippen LogP contribution is 2.37. The van der Waals surface area contributed by atoms with Gasteiger partial charge in [0.2, 0.25) is 0 Å². The maximum Gasteiger partial charge on any atom is 0.131 e. The number of piperidine rings is 1. The van der Waals surface area contributed by atoms with Crippen LogP contribution in [0.2, 0.25) is 5.15 Å². The standard InChI is InChI=1S/C14H19ClN2/c15-13-8-3-9-14(16-13)17-10-4-6-11-5-1-2-7-12(11)17/h3,8-9,11-12H,1-2,4-7,10H2/t11-,12-/m1/s1. The molecule has 2 fully saturated rings. The number of anilines is 1. The highest BCUT2D eigenvalue weighted by atomic mass is 35.5. The SMILES string of the molecule is Clc1cccc(N2CCC[C@H]3CCCC[C@H]32)n1. The van der Waals surface area contributed by atoms with Crippen molar-refractivity contribution in [1.29, 1.82) is 0 Å². The molecule has 3 heteroatoms. The van der Waals surface area contributed by atoms with E-state index in [1.807, 2.05) is 12.1 Å². The molecule has 92 valence electrons. The summed E-state index contributed by atoms with van der Waals surface area (Å²) >= 11 is 6.00. The van der Waals surface area contributed by atoms with Gasteiger partial charge in [0.1, 0.15) is 11.0 Å². The first-order valence-electron chi connectivity index (χ1n) is 6.74. The van der Waals surface area contributed by atoms with Gasteiger partial charge in [-0.2, -0.15) is 0 Å². The smallest absolute Gasteiger partial charge is 0.131 e. The van der Waals surface area contributed by atoms with Crippen LogP contribution in [0.3, 0.4) is 0 Å². The Bertz CT molecular complexity index is 392. The molecule has 2 nitrogen and oxygen atoms in total. The number of nitrogens with zero attached hydrogens (tertiary/aromatic N) is 2. The fourth-order valence-corrected chi connectivity index (χ4v) is 3.63.